The Hall–Kier alpha value is -1.61. The van der Waals surface area contributed by atoms with E-state index in [0.717, 1.165) is 31.4 Å². The summed E-state index contributed by atoms with van der Waals surface area (Å²) in [4.78, 5) is 1.99. The molecule has 1 aliphatic carbocycles. The van der Waals surface area contributed by atoms with E-state index in [1.165, 1.54) is 6.42 Å². The fraction of sp³-hybridized carbons (Fsp3) is 0.429. The van der Waals surface area contributed by atoms with Crippen molar-refractivity contribution < 1.29 is 14.2 Å². The molecule has 1 N–H and O–H groups in total. The van der Waals surface area contributed by atoms with Gasteiger partial charge in [0.15, 0.2) is 5.85 Å². The summed E-state index contributed by atoms with van der Waals surface area (Å²) in [6.45, 7) is 0. The van der Waals surface area contributed by atoms with Crippen molar-refractivity contribution in [1.82, 2.24) is 0 Å². The second kappa shape index (κ2) is 8.39. The number of aliphatic hydroxyl groups is 1. The minimum atomic E-state index is -3.47. The predicted molar refractivity (Wildman–Crippen MR) is 107 cm³/mol. The lowest BCUT2D eigenvalue weighted by Gasteiger charge is -2.31. The standard InChI is InChI=1S/C21H28NO3P/c1-22(2)18-13-15-20(16-14-18)26(24,25-19-11-7-4-8-12-19)21(23)17-9-5-3-6-10-17/h3,5-6,9-10,13-16,19,21,23H,4,7-8,11-12H2,1-2H3/t21-,26-/m0/s1. The fourth-order valence-electron chi connectivity index (χ4n) is 3.43. The first-order valence-corrected chi connectivity index (χ1v) is 11.0. The Labute approximate surface area is 156 Å². The summed E-state index contributed by atoms with van der Waals surface area (Å²) in [6, 6.07) is 16.7. The maximum atomic E-state index is 14.0. The zero-order valence-corrected chi connectivity index (χ0v) is 16.4. The lowest BCUT2D eigenvalue weighted by atomic mass is 9.98. The van der Waals surface area contributed by atoms with Crippen LogP contribution in [-0.2, 0) is 9.09 Å². The van der Waals surface area contributed by atoms with Gasteiger partial charge < -0.3 is 14.5 Å². The van der Waals surface area contributed by atoms with E-state index in [4.69, 9.17) is 4.52 Å². The highest BCUT2D eigenvalue weighted by Gasteiger charge is 2.38. The molecule has 0 bridgehead atoms. The van der Waals surface area contributed by atoms with Crippen LogP contribution in [0.5, 0.6) is 0 Å². The van der Waals surface area contributed by atoms with Gasteiger partial charge in [-0.1, -0.05) is 49.6 Å². The van der Waals surface area contributed by atoms with Crippen molar-refractivity contribution in [2.24, 2.45) is 0 Å². The Kier molecular flexibility index (Phi) is 6.18. The number of anilines is 1. The van der Waals surface area contributed by atoms with Crippen LogP contribution in [-0.4, -0.2) is 25.3 Å². The van der Waals surface area contributed by atoms with Gasteiger partial charge in [0, 0.05) is 25.1 Å². The van der Waals surface area contributed by atoms with Crippen molar-refractivity contribution in [1.29, 1.82) is 0 Å². The van der Waals surface area contributed by atoms with Crippen molar-refractivity contribution in [2.75, 3.05) is 19.0 Å². The molecule has 2 aromatic rings. The Morgan fingerprint density at radius 2 is 1.62 bits per heavy atom. The van der Waals surface area contributed by atoms with E-state index in [1.54, 1.807) is 12.1 Å². The second-order valence-corrected chi connectivity index (χ2v) is 9.57. The summed E-state index contributed by atoms with van der Waals surface area (Å²) in [5, 5.41) is 11.6. The molecular formula is C21H28NO3P. The van der Waals surface area contributed by atoms with Gasteiger partial charge in [-0.25, -0.2) is 0 Å². The smallest absolute Gasteiger partial charge is 0.264 e. The fourth-order valence-corrected chi connectivity index (χ4v) is 5.73. The van der Waals surface area contributed by atoms with E-state index in [0.29, 0.717) is 10.9 Å². The van der Waals surface area contributed by atoms with E-state index in [9.17, 15) is 9.67 Å². The third-order valence-electron chi connectivity index (χ3n) is 5.00. The number of hydrogen-bond donors (Lipinski definition) is 1. The molecule has 0 saturated heterocycles. The Morgan fingerprint density at radius 1 is 1.00 bits per heavy atom. The van der Waals surface area contributed by atoms with Crippen LogP contribution in [0, 0.1) is 0 Å². The molecule has 0 heterocycles. The number of hydrogen-bond acceptors (Lipinski definition) is 4. The molecule has 0 aromatic heterocycles. The summed E-state index contributed by atoms with van der Waals surface area (Å²) in [7, 11) is 0.462. The molecule has 5 heteroatoms. The van der Waals surface area contributed by atoms with Gasteiger partial charge in [-0.05, 0) is 42.7 Å². The van der Waals surface area contributed by atoms with Gasteiger partial charge in [0.1, 0.15) is 0 Å². The first-order chi connectivity index (χ1) is 12.5. The average Bonchev–Trinajstić information content (AvgIpc) is 2.69. The van der Waals surface area contributed by atoms with Gasteiger partial charge in [-0.15, -0.1) is 0 Å². The van der Waals surface area contributed by atoms with Crippen LogP contribution in [0.15, 0.2) is 54.6 Å². The van der Waals surface area contributed by atoms with Gasteiger partial charge >= 0.3 is 0 Å². The van der Waals surface area contributed by atoms with Crippen LogP contribution in [0.1, 0.15) is 43.5 Å². The van der Waals surface area contributed by atoms with Gasteiger partial charge in [0.05, 0.1) is 6.10 Å². The van der Waals surface area contributed by atoms with Crippen molar-refractivity contribution in [3.8, 4) is 0 Å². The minimum absolute atomic E-state index is 0.0542. The van der Waals surface area contributed by atoms with Crippen molar-refractivity contribution in [3.63, 3.8) is 0 Å². The molecule has 26 heavy (non-hydrogen) atoms. The molecule has 140 valence electrons. The Balaban J connectivity index is 1.96. The van der Waals surface area contributed by atoms with Gasteiger partial charge in [0.2, 0.25) is 0 Å². The lowest BCUT2D eigenvalue weighted by molar-refractivity contribution is 0.137. The number of nitrogens with zero attached hydrogens (tertiary/aromatic N) is 1. The number of aliphatic hydroxyl groups excluding tert-OH is 1. The molecule has 4 nitrogen and oxygen atoms in total. The summed E-state index contributed by atoms with van der Waals surface area (Å²) < 4.78 is 20.2. The van der Waals surface area contributed by atoms with Gasteiger partial charge in [0.25, 0.3) is 7.37 Å². The van der Waals surface area contributed by atoms with E-state index in [-0.39, 0.29) is 6.10 Å². The maximum Gasteiger partial charge on any atom is 0.264 e. The molecule has 0 spiro atoms. The van der Waals surface area contributed by atoms with Crippen molar-refractivity contribution in [2.45, 2.75) is 44.1 Å². The highest BCUT2D eigenvalue weighted by Crippen LogP contribution is 2.59. The summed E-state index contributed by atoms with van der Waals surface area (Å²) in [6.07, 6.45) is 5.13. The molecule has 0 radical (unpaired) electrons. The van der Waals surface area contributed by atoms with Gasteiger partial charge in [-0.2, -0.15) is 0 Å². The monoisotopic (exact) mass is 373 g/mol. The largest absolute Gasteiger partial charge is 0.378 e. The van der Waals surface area contributed by atoms with E-state index in [2.05, 4.69) is 0 Å². The Morgan fingerprint density at radius 3 is 2.19 bits per heavy atom. The average molecular weight is 373 g/mol. The zero-order chi connectivity index (χ0) is 18.6. The molecule has 0 amide bonds. The second-order valence-electron chi connectivity index (χ2n) is 7.16. The summed E-state index contributed by atoms with van der Waals surface area (Å²) >= 11 is 0. The van der Waals surface area contributed by atoms with Gasteiger partial charge in [-0.3, -0.25) is 4.57 Å². The predicted octanol–water partition coefficient (Wildman–Crippen LogP) is 4.70. The van der Waals surface area contributed by atoms with E-state index in [1.807, 2.05) is 61.5 Å². The van der Waals surface area contributed by atoms with Crippen LogP contribution < -0.4 is 10.2 Å². The highest BCUT2D eigenvalue weighted by atomic mass is 31.2. The molecule has 2 aromatic carbocycles. The molecule has 1 fully saturated rings. The number of benzene rings is 2. The maximum absolute atomic E-state index is 14.0. The molecule has 2 atom stereocenters. The quantitative estimate of drug-likeness (QED) is 0.746. The van der Waals surface area contributed by atoms with E-state index < -0.39 is 13.2 Å². The topological polar surface area (TPSA) is 49.8 Å². The summed E-state index contributed by atoms with van der Waals surface area (Å²) in [5.74, 6) is -1.16. The normalized spacial score (nSPS) is 18.9. The van der Waals surface area contributed by atoms with Crippen LogP contribution >= 0.6 is 7.37 Å². The van der Waals surface area contributed by atoms with Crippen LogP contribution in [0.4, 0.5) is 5.69 Å². The molecule has 0 unspecified atom stereocenters. The van der Waals surface area contributed by atoms with Crippen molar-refractivity contribution in [3.05, 3.63) is 60.2 Å². The molecule has 1 saturated carbocycles. The SMILES string of the molecule is CN(C)c1ccc([P@](=O)(OC2CCCCC2)[C@H](O)c2ccccc2)cc1. The van der Waals surface area contributed by atoms with Crippen LogP contribution in [0.3, 0.4) is 0 Å². The highest BCUT2D eigenvalue weighted by molar-refractivity contribution is 7.67. The Bertz CT molecular complexity index is 740. The van der Waals surface area contributed by atoms with Crippen LogP contribution in [0.25, 0.3) is 0 Å². The lowest BCUT2D eigenvalue weighted by Crippen LogP contribution is -2.22. The molecule has 0 aliphatic heterocycles. The molecule has 3 rings (SSSR count). The van der Waals surface area contributed by atoms with Crippen molar-refractivity contribution >= 4 is 18.4 Å². The third kappa shape index (κ3) is 4.20. The first kappa shape index (κ1) is 19.2. The minimum Gasteiger partial charge on any atom is -0.378 e. The first-order valence-electron chi connectivity index (χ1n) is 9.30. The van der Waals surface area contributed by atoms with E-state index >= 15 is 0 Å². The molecule has 1 aliphatic rings. The zero-order valence-electron chi connectivity index (χ0n) is 15.5. The molecular weight excluding hydrogens is 345 g/mol. The van der Waals surface area contributed by atoms with Crippen LogP contribution in [0.2, 0.25) is 0 Å². The summed E-state index contributed by atoms with van der Waals surface area (Å²) in [5.41, 5.74) is 1.65. The number of rotatable bonds is 6. The third-order valence-corrected chi connectivity index (χ3v) is 7.57.